The van der Waals surface area contributed by atoms with Crippen molar-refractivity contribution in [2.75, 3.05) is 0 Å². The summed E-state index contributed by atoms with van der Waals surface area (Å²) < 4.78 is 0. The van der Waals surface area contributed by atoms with Gasteiger partial charge in [0.25, 0.3) is 0 Å². The second kappa shape index (κ2) is 4.86. The number of hydrogen-bond donors (Lipinski definition) is 1. The zero-order valence-corrected chi connectivity index (χ0v) is 10.3. The third kappa shape index (κ3) is 2.75. The second-order valence-electron chi connectivity index (χ2n) is 6.19. The van der Waals surface area contributed by atoms with E-state index in [1.165, 1.54) is 44.9 Å². The summed E-state index contributed by atoms with van der Waals surface area (Å²) in [5, 5.41) is 10.4. The normalized spacial score (nSPS) is 44.2. The molecule has 0 aromatic rings. The van der Waals surface area contributed by atoms with Gasteiger partial charge in [0.1, 0.15) is 0 Å². The van der Waals surface area contributed by atoms with Crippen LogP contribution in [0.1, 0.15) is 58.8 Å². The van der Waals surface area contributed by atoms with Crippen molar-refractivity contribution < 1.29 is 5.11 Å². The van der Waals surface area contributed by atoms with E-state index in [1.54, 1.807) is 0 Å². The lowest BCUT2D eigenvalue weighted by Gasteiger charge is -2.32. The average Bonchev–Trinajstić information content (AvgIpc) is 2.65. The third-order valence-corrected chi connectivity index (χ3v) is 4.76. The summed E-state index contributed by atoms with van der Waals surface area (Å²) in [6, 6.07) is 0. The summed E-state index contributed by atoms with van der Waals surface area (Å²) in [4.78, 5) is 0. The van der Waals surface area contributed by atoms with Gasteiger partial charge in [-0.05, 0) is 49.4 Å². The highest BCUT2D eigenvalue weighted by Gasteiger charge is 2.33. The molecular formula is C14H26O. The van der Waals surface area contributed by atoms with Crippen molar-refractivity contribution in [1.82, 2.24) is 0 Å². The van der Waals surface area contributed by atoms with E-state index >= 15 is 0 Å². The average molecular weight is 210 g/mol. The van der Waals surface area contributed by atoms with Gasteiger partial charge in [-0.15, -0.1) is 0 Å². The second-order valence-corrected chi connectivity index (χ2v) is 6.19. The van der Waals surface area contributed by atoms with Gasteiger partial charge >= 0.3 is 0 Å². The van der Waals surface area contributed by atoms with E-state index in [4.69, 9.17) is 0 Å². The monoisotopic (exact) mass is 210 g/mol. The molecular weight excluding hydrogens is 184 g/mol. The van der Waals surface area contributed by atoms with Gasteiger partial charge in [0, 0.05) is 0 Å². The van der Waals surface area contributed by atoms with E-state index in [9.17, 15) is 5.11 Å². The Morgan fingerprint density at radius 2 is 1.33 bits per heavy atom. The first kappa shape index (κ1) is 11.4. The molecule has 0 aromatic carbocycles. The summed E-state index contributed by atoms with van der Waals surface area (Å²) in [6.07, 6.45) is 9.11. The Kier molecular flexibility index (Phi) is 3.71. The summed E-state index contributed by atoms with van der Waals surface area (Å²) in [6.45, 7) is 4.68. The SMILES string of the molecule is CC1CCC(C(O)C2CCC(C)C2)CC1. The summed E-state index contributed by atoms with van der Waals surface area (Å²) >= 11 is 0. The molecule has 0 bridgehead atoms. The summed E-state index contributed by atoms with van der Waals surface area (Å²) in [7, 11) is 0. The first-order valence-electron chi connectivity index (χ1n) is 6.85. The van der Waals surface area contributed by atoms with E-state index in [0.717, 1.165) is 11.8 Å². The number of aliphatic hydroxyl groups excluding tert-OH is 1. The maximum absolute atomic E-state index is 10.4. The smallest absolute Gasteiger partial charge is 0.0596 e. The van der Waals surface area contributed by atoms with E-state index in [-0.39, 0.29) is 6.10 Å². The minimum absolute atomic E-state index is 0.0162. The largest absolute Gasteiger partial charge is 0.393 e. The molecule has 3 unspecified atom stereocenters. The quantitative estimate of drug-likeness (QED) is 0.738. The molecule has 15 heavy (non-hydrogen) atoms. The molecule has 1 N–H and O–H groups in total. The van der Waals surface area contributed by atoms with Crippen LogP contribution in [0.4, 0.5) is 0 Å². The maximum atomic E-state index is 10.4. The number of hydrogen-bond acceptors (Lipinski definition) is 1. The highest BCUT2D eigenvalue weighted by Crippen LogP contribution is 2.39. The predicted molar refractivity (Wildman–Crippen MR) is 63.6 cm³/mol. The van der Waals surface area contributed by atoms with Crippen molar-refractivity contribution in [3.05, 3.63) is 0 Å². The predicted octanol–water partition coefficient (Wildman–Crippen LogP) is 3.61. The van der Waals surface area contributed by atoms with E-state index in [1.807, 2.05) is 0 Å². The van der Waals surface area contributed by atoms with Crippen LogP contribution in [-0.4, -0.2) is 11.2 Å². The molecule has 0 radical (unpaired) electrons. The Balaban J connectivity index is 1.82. The number of aliphatic hydroxyl groups is 1. The fourth-order valence-corrected chi connectivity index (χ4v) is 3.57. The lowest BCUT2D eigenvalue weighted by atomic mass is 9.76. The molecule has 1 heteroatoms. The van der Waals surface area contributed by atoms with Crippen LogP contribution < -0.4 is 0 Å². The summed E-state index contributed by atoms with van der Waals surface area (Å²) in [5.41, 5.74) is 0. The fraction of sp³-hybridized carbons (Fsp3) is 1.00. The minimum Gasteiger partial charge on any atom is -0.393 e. The zero-order chi connectivity index (χ0) is 10.8. The zero-order valence-electron chi connectivity index (χ0n) is 10.3. The lowest BCUT2D eigenvalue weighted by Crippen LogP contribution is -2.30. The molecule has 0 aromatic heterocycles. The highest BCUT2D eigenvalue weighted by atomic mass is 16.3. The van der Waals surface area contributed by atoms with Crippen LogP contribution >= 0.6 is 0 Å². The highest BCUT2D eigenvalue weighted by molar-refractivity contribution is 4.84. The number of rotatable bonds is 2. The molecule has 3 atom stereocenters. The van der Waals surface area contributed by atoms with Crippen molar-refractivity contribution in [3.8, 4) is 0 Å². The van der Waals surface area contributed by atoms with Crippen molar-refractivity contribution in [1.29, 1.82) is 0 Å². The van der Waals surface area contributed by atoms with Gasteiger partial charge in [0.05, 0.1) is 6.10 Å². The molecule has 2 aliphatic rings. The van der Waals surface area contributed by atoms with Gasteiger partial charge in [-0.1, -0.05) is 33.1 Å². The van der Waals surface area contributed by atoms with E-state index < -0.39 is 0 Å². The van der Waals surface area contributed by atoms with Crippen molar-refractivity contribution in [2.45, 2.75) is 64.9 Å². The minimum atomic E-state index is 0.0162. The van der Waals surface area contributed by atoms with Gasteiger partial charge in [-0.2, -0.15) is 0 Å². The van der Waals surface area contributed by atoms with E-state index in [2.05, 4.69) is 13.8 Å². The van der Waals surface area contributed by atoms with Gasteiger partial charge in [-0.3, -0.25) is 0 Å². The molecule has 0 heterocycles. The van der Waals surface area contributed by atoms with Crippen LogP contribution in [0.5, 0.6) is 0 Å². The molecule has 2 fully saturated rings. The molecule has 0 amide bonds. The fourth-order valence-electron chi connectivity index (χ4n) is 3.57. The van der Waals surface area contributed by atoms with Gasteiger partial charge in [0.2, 0.25) is 0 Å². The molecule has 2 rings (SSSR count). The van der Waals surface area contributed by atoms with Crippen LogP contribution in [0.25, 0.3) is 0 Å². The van der Waals surface area contributed by atoms with Crippen LogP contribution in [0, 0.1) is 23.7 Å². The standard InChI is InChI=1S/C14H26O/c1-10-3-6-12(7-4-10)14(15)13-8-5-11(2)9-13/h10-15H,3-9H2,1-2H3. The first-order chi connectivity index (χ1) is 7.16. The molecule has 0 spiro atoms. The van der Waals surface area contributed by atoms with Crippen LogP contribution in [0.2, 0.25) is 0 Å². The van der Waals surface area contributed by atoms with Crippen LogP contribution in [0.3, 0.4) is 0 Å². The lowest BCUT2D eigenvalue weighted by molar-refractivity contribution is 0.0282. The van der Waals surface area contributed by atoms with Crippen molar-refractivity contribution in [2.24, 2.45) is 23.7 Å². The first-order valence-corrected chi connectivity index (χ1v) is 6.85. The van der Waals surface area contributed by atoms with Gasteiger partial charge in [-0.25, -0.2) is 0 Å². The Hall–Kier alpha value is -0.0400. The van der Waals surface area contributed by atoms with Crippen LogP contribution in [0.15, 0.2) is 0 Å². The Morgan fingerprint density at radius 1 is 0.800 bits per heavy atom. The van der Waals surface area contributed by atoms with Gasteiger partial charge < -0.3 is 5.11 Å². The molecule has 88 valence electrons. The maximum Gasteiger partial charge on any atom is 0.0596 e. The van der Waals surface area contributed by atoms with Gasteiger partial charge in [0.15, 0.2) is 0 Å². The summed E-state index contributed by atoms with van der Waals surface area (Å²) in [5.74, 6) is 3.00. The Bertz CT molecular complexity index is 194. The van der Waals surface area contributed by atoms with Crippen molar-refractivity contribution in [3.63, 3.8) is 0 Å². The molecule has 1 nitrogen and oxygen atoms in total. The van der Waals surface area contributed by atoms with Crippen LogP contribution in [-0.2, 0) is 0 Å². The van der Waals surface area contributed by atoms with E-state index in [0.29, 0.717) is 11.8 Å². The Labute approximate surface area is 94.3 Å². The molecule has 0 aliphatic heterocycles. The van der Waals surface area contributed by atoms with Crippen molar-refractivity contribution >= 4 is 0 Å². The topological polar surface area (TPSA) is 20.2 Å². The third-order valence-electron chi connectivity index (χ3n) is 4.76. The molecule has 2 saturated carbocycles. The molecule has 0 saturated heterocycles. The Morgan fingerprint density at radius 3 is 1.87 bits per heavy atom. The molecule has 2 aliphatic carbocycles.